The van der Waals surface area contributed by atoms with Gasteiger partial charge in [-0.15, -0.1) is 11.6 Å². The molecule has 0 amide bonds. The second kappa shape index (κ2) is 8.10. The van der Waals surface area contributed by atoms with E-state index in [9.17, 15) is 0 Å². The maximum Gasteiger partial charge on any atom is 0.142 e. The summed E-state index contributed by atoms with van der Waals surface area (Å²) in [5.41, 5.74) is 0. The predicted octanol–water partition coefficient (Wildman–Crippen LogP) is 3.29. The average Bonchev–Trinajstić information content (AvgIpc) is 2.25. The standard InChI is InChI=1S/C10H15ClIN3/c11-5-3-1-2-4-6-14-10-9(12)7-13-8-15-10/h7-8H,1-6H2,(H,13,14,15). The summed E-state index contributed by atoms with van der Waals surface area (Å²) in [6.07, 6.45) is 8.10. The van der Waals surface area contributed by atoms with Crippen molar-refractivity contribution in [3.05, 3.63) is 16.1 Å². The zero-order valence-corrected chi connectivity index (χ0v) is 11.5. The summed E-state index contributed by atoms with van der Waals surface area (Å²) in [5, 5.41) is 3.30. The molecule has 0 radical (unpaired) electrons. The van der Waals surface area contributed by atoms with E-state index in [4.69, 9.17) is 11.6 Å². The van der Waals surface area contributed by atoms with E-state index in [1.807, 2.05) is 6.20 Å². The van der Waals surface area contributed by atoms with Gasteiger partial charge in [-0.3, -0.25) is 0 Å². The average molecular weight is 340 g/mol. The second-order valence-corrected chi connectivity index (χ2v) is 4.79. The van der Waals surface area contributed by atoms with E-state index in [1.165, 1.54) is 12.8 Å². The molecular formula is C10H15ClIN3. The van der Waals surface area contributed by atoms with Gasteiger partial charge in [0.1, 0.15) is 12.1 Å². The second-order valence-electron chi connectivity index (χ2n) is 3.25. The van der Waals surface area contributed by atoms with Gasteiger partial charge in [0.15, 0.2) is 0 Å². The van der Waals surface area contributed by atoms with Crippen molar-refractivity contribution in [1.29, 1.82) is 0 Å². The van der Waals surface area contributed by atoms with Crippen molar-refractivity contribution in [3.8, 4) is 0 Å². The number of unbranched alkanes of at least 4 members (excludes halogenated alkanes) is 3. The number of anilines is 1. The van der Waals surface area contributed by atoms with E-state index in [-0.39, 0.29) is 0 Å². The Labute approximate surface area is 109 Å². The number of aromatic nitrogens is 2. The first-order valence-electron chi connectivity index (χ1n) is 5.10. The quantitative estimate of drug-likeness (QED) is 0.470. The third kappa shape index (κ3) is 5.51. The lowest BCUT2D eigenvalue weighted by Crippen LogP contribution is -2.05. The number of alkyl halides is 1. The third-order valence-electron chi connectivity index (χ3n) is 2.02. The van der Waals surface area contributed by atoms with Crippen molar-refractivity contribution in [2.45, 2.75) is 25.7 Å². The Bertz CT molecular complexity index is 283. The maximum atomic E-state index is 5.60. The number of nitrogens with one attached hydrogen (secondary N) is 1. The Morgan fingerprint density at radius 3 is 2.80 bits per heavy atom. The summed E-state index contributed by atoms with van der Waals surface area (Å²) in [4.78, 5) is 8.10. The zero-order valence-electron chi connectivity index (χ0n) is 8.55. The Kier molecular flexibility index (Phi) is 7.00. The highest BCUT2D eigenvalue weighted by Gasteiger charge is 1.98. The van der Waals surface area contributed by atoms with Crippen LogP contribution in [0.3, 0.4) is 0 Å². The van der Waals surface area contributed by atoms with Crippen molar-refractivity contribution in [1.82, 2.24) is 9.97 Å². The van der Waals surface area contributed by atoms with Gasteiger partial charge in [0.2, 0.25) is 0 Å². The summed E-state index contributed by atoms with van der Waals surface area (Å²) in [5.74, 6) is 1.71. The maximum absolute atomic E-state index is 5.60. The smallest absolute Gasteiger partial charge is 0.142 e. The monoisotopic (exact) mass is 339 g/mol. The summed E-state index contributed by atoms with van der Waals surface area (Å²) in [6, 6.07) is 0. The van der Waals surface area contributed by atoms with E-state index < -0.39 is 0 Å². The fourth-order valence-electron chi connectivity index (χ4n) is 1.22. The Morgan fingerprint density at radius 1 is 1.27 bits per heavy atom. The number of nitrogens with zero attached hydrogens (tertiary/aromatic N) is 2. The van der Waals surface area contributed by atoms with Gasteiger partial charge in [0, 0.05) is 18.6 Å². The van der Waals surface area contributed by atoms with Crippen LogP contribution >= 0.6 is 34.2 Å². The van der Waals surface area contributed by atoms with Crippen LogP contribution in [-0.2, 0) is 0 Å². The van der Waals surface area contributed by atoms with Crippen LogP contribution in [0, 0.1) is 3.57 Å². The first-order valence-corrected chi connectivity index (χ1v) is 6.71. The molecule has 1 aromatic rings. The van der Waals surface area contributed by atoms with E-state index >= 15 is 0 Å². The minimum atomic E-state index is 0.775. The number of hydrogen-bond donors (Lipinski definition) is 1. The van der Waals surface area contributed by atoms with Crippen LogP contribution in [0.1, 0.15) is 25.7 Å². The highest BCUT2D eigenvalue weighted by Crippen LogP contribution is 2.12. The van der Waals surface area contributed by atoms with Gasteiger partial charge in [0.25, 0.3) is 0 Å². The summed E-state index contributed by atoms with van der Waals surface area (Å²) in [7, 11) is 0. The molecule has 0 spiro atoms. The van der Waals surface area contributed by atoms with Crippen LogP contribution < -0.4 is 5.32 Å². The molecule has 0 unspecified atom stereocenters. The highest BCUT2D eigenvalue weighted by molar-refractivity contribution is 14.1. The van der Waals surface area contributed by atoms with Crippen molar-refractivity contribution in [3.63, 3.8) is 0 Å². The van der Waals surface area contributed by atoms with Gasteiger partial charge in [-0.25, -0.2) is 9.97 Å². The van der Waals surface area contributed by atoms with Crippen molar-refractivity contribution < 1.29 is 0 Å². The first-order chi connectivity index (χ1) is 7.34. The van der Waals surface area contributed by atoms with Crippen LogP contribution in [0.2, 0.25) is 0 Å². The molecule has 0 aliphatic carbocycles. The minimum Gasteiger partial charge on any atom is -0.369 e. The van der Waals surface area contributed by atoms with E-state index in [0.717, 1.165) is 34.7 Å². The molecule has 1 aromatic heterocycles. The van der Waals surface area contributed by atoms with E-state index in [1.54, 1.807) is 6.33 Å². The molecule has 0 bridgehead atoms. The first kappa shape index (κ1) is 13.0. The number of hydrogen-bond acceptors (Lipinski definition) is 3. The molecule has 3 nitrogen and oxygen atoms in total. The van der Waals surface area contributed by atoms with Crippen LogP contribution in [0.15, 0.2) is 12.5 Å². The number of halogens is 2. The van der Waals surface area contributed by atoms with Gasteiger partial charge < -0.3 is 5.32 Å². The third-order valence-corrected chi connectivity index (χ3v) is 3.08. The molecule has 1 rings (SSSR count). The van der Waals surface area contributed by atoms with Crippen molar-refractivity contribution >= 4 is 40.0 Å². The minimum absolute atomic E-state index is 0.775. The van der Waals surface area contributed by atoms with Crippen molar-refractivity contribution in [2.24, 2.45) is 0 Å². The van der Waals surface area contributed by atoms with Gasteiger partial charge >= 0.3 is 0 Å². The molecule has 0 aliphatic rings. The fourth-order valence-corrected chi connectivity index (χ4v) is 1.90. The van der Waals surface area contributed by atoms with E-state index in [0.29, 0.717) is 0 Å². The molecule has 0 saturated heterocycles. The Morgan fingerprint density at radius 2 is 2.07 bits per heavy atom. The SMILES string of the molecule is ClCCCCCCNc1ncncc1I. The predicted molar refractivity (Wildman–Crippen MR) is 72.4 cm³/mol. The largest absolute Gasteiger partial charge is 0.369 e. The van der Waals surface area contributed by atoms with Crippen LogP contribution in [0.5, 0.6) is 0 Å². The topological polar surface area (TPSA) is 37.8 Å². The lowest BCUT2D eigenvalue weighted by atomic mass is 10.2. The molecule has 5 heteroatoms. The molecular weight excluding hydrogens is 324 g/mol. The van der Waals surface area contributed by atoms with Crippen LogP contribution in [-0.4, -0.2) is 22.4 Å². The van der Waals surface area contributed by atoms with Gasteiger partial charge in [-0.1, -0.05) is 12.8 Å². The summed E-state index contributed by atoms with van der Waals surface area (Å²) < 4.78 is 1.07. The molecule has 0 aromatic carbocycles. The fraction of sp³-hybridized carbons (Fsp3) is 0.600. The Hall–Kier alpha value is -0.100. The lowest BCUT2D eigenvalue weighted by Gasteiger charge is -2.06. The molecule has 0 saturated carbocycles. The van der Waals surface area contributed by atoms with Crippen molar-refractivity contribution in [2.75, 3.05) is 17.7 Å². The summed E-state index contributed by atoms with van der Waals surface area (Å²) in [6.45, 7) is 0.968. The molecule has 15 heavy (non-hydrogen) atoms. The zero-order chi connectivity index (χ0) is 10.9. The molecule has 1 N–H and O–H groups in total. The lowest BCUT2D eigenvalue weighted by molar-refractivity contribution is 0.686. The molecule has 1 heterocycles. The Balaban J connectivity index is 2.12. The van der Waals surface area contributed by atoms with Gasteiger partial charge in [-0.05, 0) is 35.4 Å². The normalized spacial score (nSPS) is 10.3. The van der Waals surface area contributed by atoms with E-state index in [2.05, 4.69) is 37.9 Å². The van der Waals surface area contributed by atoms with Crippen LogP contribution in [0.4, 0.5) is 5.82 Å². The van der Waals surface area contributed by atoms with Gasteiger partial charge in [0.05, 0.1) is 3.57 Å². The highest BCUT2D eigenvalue weighted by atomic mass is 127. The van der Waals surface area contributed by atoms with Crippen LogP contribution in [0.25, 0.3) is 0 Å². The summed E-state index contributed by atoms with van der Waals surface area (Å²) >= 11 is 7.83. The molecule has 0 aliphatic heterocycles. The van der Waals surface area contributed by atoms with Gasteiger partial charge in [-0.2, -0.15) is 0 Å². The molecule has 0 fully saturated rings. The number of rotatable bonds is 7. The molecule has 84 valence electrons. The molecule has 0 atom stereocenters.